The Balaban J connectivity index is 0.00000324. The van der Waals surface area contributed by atoms with E-state index in [4.69, 9.17) is 4.74 Å². The second kappa shape index (κ2) is 16.0. The molecule has 3 atom stereocenters. The molecule has 0 aromatic heterocycles. The molecule has 0 aliphatic heterocycles. The van der Waals surface area contributed by atoms with Gasteiger partial charge in [0.1, 0.15) is 5.75 Å². The summed E-state index contributed by atoms with van der Waals surface area (Å²) in [6.45, 7) is 16.6. The summed E-state index contributed by atoms with van der Waals surface area (Å²) in [7, 11) is 0. The van der Waals surface area contributed by atoms with E-state index in [1.807, 2.05) is 13.0 Å². The Morgan fingerprint density at radius 2 is 1.31 bits per heavy atom. The largest absolute Gasteiger partial charge is 1.00 e. The molecule has 0 amide bonds. The van der Waals surface area contributed by atoms with Crippen LogP contribution in [-0.2, 0) is 0 Å². The van der Waals surface area contributed by atoms with Crippen molar-refractivity contribution in [1.29, 1.82) is 0 Å². The first-order chi connectivity index (χ1) is 16.5. The summed E-state index contributed by atoms with van der Waals surface area (Å²) < 4.78 is 6.17. The fourth-order valence-corrected chi connectivity index (χ4v) is 4.52. The Kier molecular flexibility index (Phi) is 14.3. The van der Waals surface area contributed by atoms with Crippen LogP contribution in [0.2, 0.25) is 0 Å². The van der Waals surface area contributed by atoms with E-state index in [0.29, 0.717) is 0 Å². The molecule has 3 aromatic rings. The van der Waals surface area contributed by atoms with Gasteiger partial charge in [0.05, 0.1) is 6.26 Å². The smallest absolute Gasteiger partial charge is 0.465 e. The van der Waals surface area contributed by atoms with Crippen molar-refractivity contribution in [2.75, 3.05) is 0 Å². The molecule has 0 saturated carbocycles. The van der Waals surface area contributed by atoms with Gasteiger partial charge in [0, 0.05) is 28.9 Å². The van der Waals surface area contributed by atoms with Crippen molar-refractivity contribution >= 4 is 0 Å². The third-order valence-electron chi connectivity index (χ3n) is 6.57. The van der Waals surface area contributed by atoms with Crippen molar-refractivity contribution in [3.63, 3.8) is 0 Å². The van der Waals surface area contributed by atoms with Crippen molar-refractivity contribution in [1.82, 2.24) is 0 Å². The molecule has 3 unspecified atom stereocenters. The van der Waals surface area contributed by atoms with E-state index in [1.54, 1.807) is 6.26 Å². The van der Waals surface area contributed by atoms with E-state index < -0.39 is 0 Å². The fourth-order valence-electron chi connectivity index (χ4n) is 4.52. The maximum absolute atomic E-state index is 6.17. The van der Waals surface area contributed by atoms with Crippen LogP contribution in [0.15, 0.2) is 122 Å². The van der Waals surface area contributed by atoms with E-state index >= 15 is 0 Å². The summed E-state index contributed by atoms with van der Waals surface area (Å²) in [6.07, 6.45) is 9.70. The van der Waals surface area contributed by atoms with Crippen LogP contribution in [0.25, 0.3) is 0 Å². The number of allylic oxidation sites excluding steroid dienone is 5. The Labute approximate surface area is 262 Å². The van der Waals surface area contributed by atoms with Gasteiger partial charge in [0.25, 0.3) is 0 Å². The second-order valence-electron chi connectivity index (χ2n) is 8.70. The second-order valence-corrected chi connectivity index (χ2v) is 8.70. The monoisotopic (exact) mass is 502 g/mol. The normalized spacial score (nSPS) is 13.6. The van der Waals surface area contributed by atoms with Crippen LogP contribution >= 0.6 is 0 Å². The molecule has 0 radical (unpaired) electrons. The van der Waals surface area contributed by atoms with Crippen LogP contribution in [0, 0.1) is 7.43 Å². The average molecular weight is 503 g/mol. The molecule has 0 N–H and O–H groups in total. The minimum absolute atomic E-state index is 0. The quantitative estimate of drug-likeness (QED) is 0.129. The topological polar surface area (TPSA) is 9.23 Å². The van der Waals surface area contributed by atoms with Crippen molar-refractivity contribution in [2.24, 2.45) is 0 Å². The van der Waals surface area contributed by atoms with E-state index in [0.717, 1.165) is 11.3 Å². The van der Waals surface area contributed by atoms with Gasteiger partial charge in [-0.3, -0.25) is 0 Å². The summed E-state index contributed by atoms with van der Waals surface area (Å²) in [5.41, 5.74) is 7.35. The molecule has 2 heteroatoms. The molecule has 0 aliphatic rings. The first-order valence-electron chi connectivity index (χ1n) is 12.0. The van der Waals surface area contributed by atoms with Crippen LogP contribution in [-0.4, -0.2) is 0 Å². The van der Waals surface area contributed by atoms with Gasteiger partial charge in [-0.2, -0.15) is 0 Å². The van der Waals surface area contributed by atoms with Crippen LogP contribution < -0.4 is 56.1 Å². The van der Waals surface area contributed by atoms with Crippen molar-refractivity contribution in [2.45, 2.75) is 45.4 Å². The minimum Gasteiger partial charge on any atom is -0.465 e. The zero-order valence-electron chi connectivity index (χ0n) is 22.9. The number of benzene rings is 3. The average Bonchev–Trinajstić information content (AvgIpc) is 2.88. The molecule has 0 aliphatic carbocycles. The summed E-state index contributed by atoms with van der Waals surface area (Å²) in [5.74, 6) is 1.43. The van der Waals surface area contributed by atoms with E-state index in [-0.39, 0.29) is 76.6 Å². The van der Waals surface area contributed by atoms with Crippen LogP contribution in [0.1, 0.15) is 73.3 Å². The fraction of sp³-hybridized carbons (Fsp3) is 0.206. The van der Waals surface area contributed by atoms with Gasteiger partial charge in [0.15, 0.2) is 0 Å². The number of ether oxygens (including phenoxy) is 1. The third-order valence-corrected chi connectivity index (χ3v) is 6.57. The molecule has 36 heavy (non-hydrogen) atoms. The minimum atomic E-state index is 0. The zero-order chi connectivity index (χ0) is 24.5. The number of hydrogen-bond donors (Lipinski definition) is 0. The molecular weight excluding hydrogens is 463 g/mol. The maximum Gasteiger partial charge on any atom is 1.00 e. The van der Waals surface area contributed by atoms with Gasteiger partial charge < -0.3 is 12.2 Å². The number of hydrogen-bond acceptors (Lipinski definition) is 1. The summed E-state index contributed by atoms with van der Waals surface area (Å²) in [5, 5.41) is 0. The Morgan fingerprint density at radius 3 is 1.81 bits per heavy atom. The van der Waals surface area contributed by atoms with Gasteiger partial charge in [-0.25, -0.2) is 0 Å². The van der Waals surface area contributed by atoms with E-state index in [9.17, 15) is 0 Å². The Hall–Kier alpha value is -1.94. The predicted molar refractivity (Wildman–Crippen MR) is 153 cm³/mol. The first-order valence-corrected chi connectivity index (χ1v) is 12.0. The van der Waals surface area contributed by atoms with Gasteiger partial charge in [-0.05, 0) is 29.2 Å². The molecule has 3 rings (SSSR count). The Morgan fingerprint density at radius 1 is 0.778 bits per heavy atom. The molecule has 3 aromatic carbocycles. The standard InChI is InChI=1S/C33H36O.CH3.K/c1-7-16-27(17-8-2)25(5)31-22-30(24(4)28-18-12-10-13-19-28)23-32(33(31)34-9-3)26(6)29-20-14-11-15-21-29;;/h7-26H,1,3H2,2,4-6H3;1H3;/q;-1;+1/b17-8-,27-16+;;. The van der Waals surface area contributed by atoms with Crippen LogP contribution in [0.3, 0.4) is 0 Å². The van der Waals surface area contributed by atoms with Gasteiger partial charge in [-0.15, -0.1) is 0 Å². The zero-order valence-corrected chi connectivity index (χ0v) is 26.0. The summed E-state index contributed by atoms with van der Waals surface area (Å²) in [6, 6.07) is 25.9. The molecule has 0 bridgehead atoms. The van der Waals surface area contributed by atoms with E-state index in [1.165, 1.54) is 27.8 Å². The summed E-state index contributed by atoms with van der Waals surface area (Å²) >= 11 is 0. The molecule has 0 spiro atoms. The van der Waals surface area contributed by atoms with Crippen LogP contribution in [0.4, 0.5) is 0 Å². The third kappa shape index (κ3) is 7.78. The van der Waals surface area contributed by atoms with Gasteiger partial charge in [-0.1, -0.05) is 131 Å². The molecule has 1 nitrogen and oxygen atoms in total. The SMILES string of the molecule is C=C/C=C(\C=C/C)C(C)c1cc(C(C)c2ccccc2)cc(C(C)c2ccccc2)c1OC=C.[CH3-].[K+]. The van der Waals surface area contributed by atoms with Gasteiger partial charge >= 0.3 is 51.4 Å². The Bertz CT molecular complexity index is 1160. The number of rotatable bonds is 10. The van der Waals surface area contributed by atoms with E-state index in [2.05, 4.69) is 125 Å². The molecule has 0 saturated heterocycles. The van der Waals surface area contributed by atoms with Crippen molar-refractivity contribution in [3.05, 3.63) is 157 Å². The molecular formula is C34H39KO. The predicted octanol–water partition coefficient (Wildman–Crippen LogP) is 6.76. The summed E-state index contributed by atoms with van der Waals surface area (Å²) in [4.78, 5) is 0. The molecule has 0 fully saturated rings. The van der Waals surface area contributed by atoms with Gasteiger partial charge in [0.2, 0.25) is 0 Å². The van der Waals surface area contributed by atoms with Crippen LogP contribution in [0.5, 0.6) is 5.75 Å². The molecule has 0 heterocycles. The first kappa shape index (κ1) is 32.1. The van der Waals surface area contributed by atoms with Crippen molar-refractivity contribution in [3.8, 4) is 5.75 Å². The molecule has 182 valence electrons. The van der Waals surface area contributed by atoms with Crippen molar-refractivity contribution < 1.29 is 56.1 Å². The maximum atomic E-state index is 6.17.